The van der Waals surface area contributed by atoms with Crippen LogP contribution in [0.25, 0.3) is 6.08 Å². The van der Waals surface area contributed by atoms with Gasteiger partial charge in [-0.1, -0.05) is 49.4 Å². The normalized spacial score (nSPS) is 11.6. The fourth-order valence-corrected chi connectivity index (χ4v) is 3.73. The van der Waals surface area contributed by atoms with E-state index >= 15 is 0 Å². The van der Waals surface area contributed by atoms with Crippen LogP contribution in [0.3, 0.4) is 0 Å². The summed E-state index contributed by atoms with van der Waals surface area (Å²) in [6, 6.07) is 17.9. The Hall–Kier alpha value is -3.23. The molecule has 7 nitrogen and oxygen atoms in total. The standard InChI is InChI=1S/C21H22N4O3S/c1-2-23-29(27,28)19-11-8-17(9-12-19)10-13-21(26)24-20-14-15-22-25(20)16-18-6-4-3-5-7-18/h3-15,23H,2,16H2,1H3,(H,24,26)/b13-10+. The lowest BCUT2D eigenvalue weighted by Crippen LogP contribution is -2.22. The largest absolute Gasteiger partial charge is 0.307 e. The van der Waals surface area contributed by atoms with Crippen LogP contribution in [0.15, 0.2) is 77.8 Å². The van der Waals surface area contributed by atoms with Crippen LogP contribution < -0.4 is 10.0 Å². The molecule has 150 valence electrons. The zero-order chi connectivity index (χ0) is 20.7. The molecule has 0 atom stereocenters. The number of anilines is 1. The molecule has 0 spiro atoms. The van der Waals surface area contributed by atoms with E-state index < -0.39 is 10.0 Å². The zero-order valence-electron chi connectivity index (χ0n) is 15.9. The monoisotopic (exact) mass is 410 g/mol. The van der Waals surface area contributed by atoms with Crippen molar-refractivity contribution in [1.29, 1.82) is 0 Å². The van der Waals surface area contributed by atoms with Crippen LogP contribution in [0.4, 0.5) is 5.82 Å². The first-order valence-electron chi connectivity index (χ1n) is 9.12. The van der Waals surface area contributed by atoms with Gasteiger partial charge in [0.1, 0.15) is 5.82 Å². The molecule has 1 aromatic heterocycles. The van der Waals surface area contributed by atoms with Gasteiger partial charge in [0.05, 0.1) is 17.6 Å². The summed E-state index contributed by atoms with van der Waals surface area (Å²) in [4.78, 5) is 12.4. The lowest BCUT2D eigenvalue weighted by atomic mass is 10.2. The number of hydrogen-bond acceptors (Lipinski definition) is 4. The highest BCUT2D eigenvalue weighted by molar-refractivity contribution is 7.89. The highest BCUT2D eigenvalue weighted by Gasteiger charge is 2.11. The van der Waals surface area contributed by atoms with Gasteiger partial charge >= 0.3 is 0 Å². The van der Waals surface area contributed by atoms with E-state index in [1.54, 1.807) is 42.1 Å². The first-order valence-corrected chi connectivity index (χ1v) is 10.6. The number of carbonyl (C=O) groups excluding carboxylic acids is 1. The zero-order valence-corrected chi connectivity index (χ0v) is 16.8. The van der Waals surface area contributed by atoms with Gasteiger partial charge in [0, 0.05) is 18.7 Å². The maximum atomic E-state index is 12.3. The number of carbonyl (C=O) groups is 1. The van der Waals surface area contributed by atoms with E-state index in [1.165, 1.54) is 18.2 Å². The molecule has 0 aliphatic carbocycles. The minimum atomic E-state index is -3.49. The van der Waals surface area contributed by atoms with Gasteiger partial charge in [0.2, 0.25) is 15.9 Å². The van der Waals surface area contributed by atoms with Crippen LogP contribution in [0.2, 0.25) is 0 Å². The molecule has 0 saturated heterocycles. The molecular formula is C21H22N4O3S. The summed E-state index contributed by atoms with van der Waals surface area (Å²) >= 11 is 0. The number of rotatable bonds is 8. The van der Waals surface area contributed by atoms with E-state index in [4.69, 9.17) is 0 Å². The third-order valence-corrected chi connectivity index (χ3v) is 5.66. The van der Waals surface area contributed by atoms with Crippen molar-refractivity contribution in [2.45, 2.75) is 18.4 Å². The summed E-state index contributed by atoms with van der Waals surface area (Å²) in [5, 5.41) is 7.05. The van der Waals surface area contributed by atoms with Crippen LogP contribution in [0.5, 0.6) is 0 Å². The molecule has 1 heterocycles. The van der Waals surface area contributed by atoms with Crippen molar-refractivity contribution in [2.75, 3.05) is 11.9 Å². The first kappa shape index (κ1) is 20.5. The van der Waals surface area contributed by atoms with Crippen molar-refractivity contribution in [1.82, 2.24) is 14.5 Å². The van der Waals surface area contributed by atoms with Crippen molar-refractivity contribution in [3.8, 4) is 0 Å². The number of amides is 1. The molecule has 8 heteroatoms. The third kappa shape index (κ3) is 5.63. The second-order valence-corrected chi connectivity index (χ2v) is 8.02. The summed E-state index contributed by atoms with van der Waals surface area (Å²) < 4.78 is 28.0. The Morgan fingerprint density at radius 1 is 1.07 bits per heavy atom. The Bertz CT molecular complexity index is 1090. The van der Waals surface area contributed by atoms with Gasteiger partial charge in [-0.2, -0.15) is 5.10 Å². The van der Waals surface area contributed by atoms with Crippen molar-refractivity contribution in [2.24, 2.45) is 0 Å². The van der Waals surface area contributed by atoms with E-state index in [-0.39, 0.29) is 10.8 Å². The number of benzene rings is 2. The van der Waals surface area contributed by atoms with E-state index in [1.807, 2.05) is 30.3 Å². The summed E-state index contributed by atoms with van der Waals surface area (Å²) in [7, 11) is -3.49. The van der Waals surface area contributed by atoms with Gasteiger partial charge in [-0.3, -0.25) is 4.79 Å². The molecule has 29 heavy (non-hydrogen) atoms. The van der Waals surface area contributed by atoms with E-state index in [9.17, 15) is 13.2 Å². The van der Waals surface area contributed by atoms with Crippen LogP contribution in [-0.2, 0) is 21.4 Å². The van der Waals surface area contributed by atoms with Crippen molar-refractivity contribution < 1.29 is 13.2 Å². The first-order chi connectivity index (χ1) is 14.0. The predicted octanol–water partition coefficient (Wildman–Crippen LogP) is 2.88. The number of nitrogens with one attached hydrogen (secondary N) is 2. The van der Waals surface area contributed by atoms with E-state index in [0.717, 1.165) is 5.56 Å². The SMILES string of the molecule is CCNS(=O)(=O)c1ccc(/C=C/C(=O)Nc2ccnn2Cc2ccccc2)cc1. The van der Waals surface area contributed by atoms with Crippen molar-refractivity contribution in [3.05, 3.63) is 84.1 Å². The van der Waals surface area contributed by atoms with Gasteiger partial charge in [0.15, 0.2) is 0 Å². The quantitative estimate of drug-likeness (QED) is 0.559. The lowest BCUT2D eigenvalue weighted by Gasteiger charge is -2.08. The molecular weight excluding hydrogens is 388 g/mol. The molecule has 3 aromatic rings. The maximum Gasteiger partial charge on any atom is 0.249 e. The Balaban J connectivity index is 1.63. The molecule has 2 N–H and O–H groups in total. The van der Waals surface area contributed by atoms with E-state index in [0.29, 0.717) is 24.5 Å². The van der Waals surface area contributed by atoms with Gasteiger partial charge < -0.3 is 5.32 Å². The summed E-state index contributed by atoms with van der Waals surface area (Å²) in [6.45, 7) is 2.60. The molecule has 0 aliphatic rings. The van der Waals surface area contributed by atoms with Gasteiger partial charge in [-0.25, -0.2) is 17.8 Å². The average Bonchev–Trinajstić information content (AvgIpc) is 3.14. The Kier molecular flexibility index (Phi) is 6.58. The maximum absolute atomic E-state index is 12.3. The molecule has 1 amide bonds. The minimum absolute atomic E-state index is 0.186. The van der Waals surface area contributed by atoms with Gasteiger partial charge in [-0.15, -0.1) is 0 Å². The molecule has 0 aliphatic heterocycles. The molecule has 3 rings (SSSR count). The van der Waals surface area contributed by atoms with Crippen LogP contribution in [0, 0.1) is 0 Å². The van der Waals surface area contributed by atoms with Gasteiger partial charge in [0.25, 0.3) is 0 Å². The summed E-state index contributed by atoms with van der Waals surface area (Å²) in [6.07, 6.45) is 4.65. The van der Waals surface area contributed by atoms with Crippen LogP contribution in [0.1, 0.15) is 18.1 Å². The molecule has 0 unspecified atom stereocenters. The Morgan fingerprint density at radius 3 is 2.48 bits per heavy atom. The van der Waals surface area contributed by atoms with Crippen LogP contribution in [-0.4, -0.2) is 30.7 Å². The second-order valence-electron chi connectivity index (χ2n) is 6.25. The number of hydrogen-bond donors (Lipinski definition) is 2. The highest BCUT2D eigenvalue weighted by atomic mass is 32.2. The minimum Gasteiger partial charge on any atom is -0.307 e. The smallest absolute Gasteiger partial charge is 0.249 e. The average molecular weight is 410 g/mol. The summed E-state index contributed by atoms with van der Waals surface area (Å²) in [5.41, 5.74) is 1.79. The van der Waals surface area contributed by atoms with Crippen LogP contribution >= 0.6 is 0 Å². The molecule has 0 saturated carbocycles. The number of sulfonamides is 1. The molecule has 0 radical (unpaired) electrons. The predicted molar refractivity (Wildman–Crippen MR) is 113 cm³/mol. The summed E-state index contributed by atoms with van der Waals surface area (Å²) in [5.74, 6) is 0.291. The van der Waals surface area contributed by atoms with Crippen molar-refractivity contribution in [3.63, 3.8) is 0 Å². The Morgan fingerprint density at radius 2 is 1.79 bits per heavy atom. The lowest BCUT2D eigenvalue weighted by molar-refractivity contribution is -0.111. The molecule has 0 bridgehead atoms. The van der Waals surface area contributed by atoms with E-state index in [2.05, 4.69) is 15.1 Å². The molecule has 2 aromatic carbocycles. The van der Waals surface area contributed by atoms with Gasteiger partial charge in [-0.05, 0) is 29.3 Å². The highest BCUT2D eigenvalue weighted by Crippen LogP contribution is 2.13. The number of aromatic nitrogens is 2. The second kappa shape index (κ2) is 9.31. The third-order valence-electron chi connectivity index (χ3n) is 4.09. The van der Waals surface area contributed by atoms with Crippen molar-refractivity contribution >= 4 is 27.8 Å². The number of nitrogens with zero attached hydrogens (tertiary/aromatic N) is 2. The topological polar surface area (TPSA) is 93.1 Å². The Labute approximate surface area is 170 Å². The fraction of sp³-hybridized carbons (Fsp3) is 0.143. The molecule has 0 fully saturated rings. The fourth-order valence-electron chi connectivity index (χ4n) is 2.69.